The fraction of sp³-hybridized carbons (Fsp3) is 0.533. The van der Waals surface area contributed by atoms with Gasteiger partial charge in [-0.05, 0) is 36.0 Å². The molecule has 18 heavy (non-hydrogen) atoms. The molecule has 1 aliphatic heterocycles. The van der Waals surface area contributed by atoms with Crippen LogP contribution >= 0.6 is 11.6 Å². The summed E-state index contributed by atoms with van der Waals surface area (Å²) in [7, 11) is 0. The van der Waals surface area contributed by atoms with E-state index in [0.29, 0.717) is 23.3 Å². The van der Waals surface area contributed by atoms with Crippen LogP contribution in [0.15, 0.2) is 24.3 Å². The van der Waals surface area contributed by atoms with Crippen molar-refractivity contribution in [3.63, 3.8) is 0 Å². The molecule has 2 atom stereocenters. The fourth-order valence-corrected chi connectivity index (χ4v) is 2.88. The van der Waals surface area contributed by atoms with Crippen LogP contribution in [0.25, 0.3) is 0 Å². The number of benzene rings is 1. The number of halogens is 1. The Hall–Kier alpha value is -1.02. The summed E-state index contributed by atoms with van der Waals surface area (Å²) >= 11 is 5.84. The van der Waals surface area contributed by atoms with Crippen LogP contribution in [0.2, 0.25) is 5.02 Å². The third-order valence-electron chi connectivity index (χ3n) is 3.49. The van der Waals surface area contributed by atoms with Crippen molar-refractivity contribution in [2.75, 3.05) is 13.1 Å². The molecular weight excluding hydrogens is 246 g/mol. The van der Waals surface area contributed by atoms with Gasteiger partial charge in [-0.25, -0.2) is 0 Å². The lowest BCUT2D eigenvalue weighted by Gasteiger charge is -2.35. The molecule has 0 N–H and O–H groups in total. The smallest absolute Gasteiger partial charge is 0.227 e. The standard InChI is InChI=1S/C15H20ClNO/c1-11-7-12(2)10-17(9-11)15(18)8-13-3-5-14(16)6-4-13/h3-6,11-12H,7-10H2,1-2H3/t11-,12+. The first-order valence-electron chi connectivity index (χ1n) is 6.57. The van der Waals surface area contributed by atoms with E-state index in [1.54, 1.807) is 0 Å². The number of hydrogen-bond donors (Lipinski definition) is 0. The molecule has 0 saturated carbocycles. The van der Waals surface area contributed by atoms with Gasteiger partial charge in [-0.2, -0.15) is 0 Å². The van der Waals surface area contributed by atoms with Crippen LogP contribution in [0.5, 0.6) is 0 Å². The summed E-state index contributed by atoms with van der Waals surface area (Å²) in [6.07, 6.45) is 1.71. The first-order chi connectivity index (χ1) is 8.54. The van der Waals surface area contributed by atoms with Crippen molar-refractivity contribution < 1.29 is 4.79 Å². The minimum Gasteiger partial charge on any atom is -0.342 e. The Morgan fingerprint density at radius 3 is 2.33 bits per heavy atom. The van der Waals surface area contributed by atoms with Crippen LogP contribution in [-0.2, 0) is 11.2 Å². The molecule has 1 aromatic rings. The van der Waals surface area contributed by atoms with E-state index in [2.05, 4.69) is 13.8 Å². The van der Waals surface area contributed by atoms with E-state index in [9.17, 15) is 4.79 Å². The molecule has 2 rings (SSSR count). The minimum absolute atomic E-state index is 0.232. The molecule has 1 heterocycles. The summed E-state index contributed by atoms with van der Waals surface area (Å²) in [6.45, 7) is 6.24. The Bertz CT molecular complexity index is 405. The van der Waals surface area contributed by atoms with Crippen molar-refractivity contribution in [1.29, 1.82) is 0 Å². The Morgan fingerprint density at radius 2 is 1.78 bits per heavy atom. The number of hydrogen-bond acceptors (Lipinski definition) is 1. The van der Waals surface area contributed by atoms with E-state index in [0.717, 1.165) is 18.7 Å². The van der Waals surface area contributed by atoms with E-state index in [4.69, 9.17) is 11.6 Å². The zero-order chi connectivity index (χ0) is 13.1. The largest absolute Gasteiger partial charge is 0.342 e. The molecule has 1 fully saturated rings. The molecule has 0 aromatic heterocycles. The van der Waals surface area contributed by atoms with Gasteiger partial charge in [0, 0.05) is 18.1 Å². The van der Waals surface area contributed by atoms with Gasteiger partial charge in [0.1, 0.15) is 0 Å². The number of piperidine rings is 1. The van der Waals surface area contributed by atoms with Crippen LogP contribution in [0.1, 0.15) is 25.8 Å². The summed E-state index contributed by atoms with van der Waals surface area (Å²) in [5.74, 6) is 1.46. The van der Waals surface area contributed by atoms with E-state index < -0.39 is 0 Å². The molecule has 2 nitrogen and oxygen atoms in total. The Morgan fingerprint density at radius 1 is 1.22 bits per heavy atom. The second-order valence-electron chi connectivity index (χ2n) is 5.55. The van der Waals surface area contributed by atoms with Crippen LogP contribution < -0.4 is 0 Å². The summed E-state index contributed by atoms with van der Waals surface area (Å²) in [6, 6.07) is 7.53. The van der Waals surface area contributed by atoms with Crippen molar-refractivity contribution in [3.8, 4) is 0 Å². The molecule has 0 aliphatic carbocycles. The van der Waals surface area contributed by atoms with Gasteiger partial charge in [-0.15, -0.1) is 0 Å². The number of carbonyl (C=O) groups excluding carboxylic acids is 1. The van der Waals surface area contributed by atoms with Gasteiger partial charge < -0.3 is 4.90 Å². The molecule has 1 amide bonds. The molecule has 0 unspecified atom stereocenters. The highest BCUT2D eigenvalue weighted by Crippen LogP contribution is 2.21. The maximum Gasteiger partial charge on any atom is 0.227 e. The maximum absolute atomic E-state index is 12.2. The van der Waals surface area contributed by atoms with Crippen LogP contribution in [-0.4, -0.2) is 23.9 Å². The highest BCUT2D eigenvalue weighted by atomic mass is 35.5. The average Bonchev–Trinajstić information content (AvgIpc) is 2.31. The molecular formula is C15H20ClNO. The molecule has 1 saturated heterocycles. The van der Waals surface area contributed by atoms with Crippen molar-refractivity contribution in [1.82, 2.24) is 4.90 Å². The predicted octanol–water partition coefficient (Wildman–Crippen LogP) is 3.39. The number of rotatable bonds is 2. The molecule has 1 aromatic carbocycles. The minimum atomic E-state index is 0.232. The highest BCUT2D eigenvalue weighted by Gasteiger charge is 2.25. The summed E-state index contributed by atoms with van der Waals surface area (Å²) in [4.78, 5) is 14.2. The number of likely N-dealkylation sites (tertiary alicyclic amines) is 1. The summed E-state index contributed by atoms with van der Waals surface area (Å²) in [5.41, 5.74) is 1.04. The van der Waals surface area contributed by atoms with E-state index in [1.807, 2.05) is 29.2 Å². The Labute approximate surface area is 114 Å². The maximum atomic E-state index is 12.2. The molecule has 98 valence electrons. The van der Waals surface area contributed by atoms with Gasteiger partial charge in [0.25, 0.3) is 0 Å². The van der Waals surface area contributed by atoms with Gasteiger partial charge in [0.15, 0.2) is 0 Å². The van der Waals surface area contributed by atoms with E-state index >= 15 is 0 Å². The lowest BCUT2D eigenvalue weighted by Crippen LogP contribution is -2.43. The topological polar surface area (TPSA) is 20.3 Å². The second kappa shape index (κ2) is 5.75. The molecule has 1 aliphatic rings. The number of nitrogens with zero attached hydrogens (tertiary/aromatic N) is 1. The van der Waals surface area contributed by atoms with Crippen LogP contribution in [0, 0.1) is 11.8 Å². The zero-order valence-corrected chi connectivity index (χ0v) is 11.8. The first kappa shape index (κ1) is 13.4. The molecule has 3 heteroatoms. The Balaban J connectivity index is 1.97. The van der Waals surface area contributed by atoms with Crippen molar-refractivity contribution in [3.05, 3.63) is 34.9 Å². The molecule has 0 radical (unpaired) electrons. The van der Waals surface area contributed by atoms with Crippen molar-refractivity contribution in [2.45, 2.75) is 26.7 Å². The number of carbonyl (C=O) groups is 1. The van der Waals surface area contributed by atoms with Gasteiger partial charge in [0.05, 0.1) is 6.42 Å². The molecule has 0 spiro atoms. The van der Waals surface area contributed by atoms with Gasteiger partial charge in [0.2, 0.25) is 5.91 Å². The highest BCUT2D eigenvalue weighted by molar-refractivity contribution is 6.30. The first-order valence-corrected chi connectivity index (χ1v) is 6.94. The van der Waals surface area contributed by atoms with E-state index in [1.165, 1.54) is 6.42 Å². The third-order valence-corrected chi connectivity index (χ3v) is 3.74. The number of amides is 1. The quantitative estimate of drug-likeness (QED) is 0.803. The van der Waals surface area contributed by atoms with Crippen LogP contribution in [0.4, 0.5) is 0 Å². The Kier molecular flexibility index (Phi) is 4.28. The van der Waals surface area contributed by atoms with Crippen molar-refractivity contribution >= 4 is 17.5 Å². The molecule has 0 bridgehead atoms. The predicted molar refractivity (Wildman–Crippen MR) is 74.7 cm³/mol. The van der Waals surface area contributed by atoms with Crippen molar-refractivity contribution in [2.24, 2.45) is 11.8 Å². The van der Waals surface area contributed by atoms with E-state index in [-0.39, 0.29) is 5.91 Å². The normalized spacial score (nSPS) is 24.1. The average molecular weight is 266 g/mol. The van der Waals surface area contributed by atoms with Crippen LogP contribution in [0.3, 0.4) is 0 Å². The lowest BCUT2D eigenvalue weighted by atomic mass is 9.91. The lowest BCUT2D eigenvalue weighted by molar-refractivity contribution is -0.133. The van der Waals surface area contributed by atoms with Gasteiger partial charge >= 0.3 is 0 Å². The van der Waals surface area contributed by atoms with Gasteiger partial charge in [-0.1, -0.05) is 37.6 Å². The van der Waals surface area contributed by atoms with Gasteiger partial charge in [-0.3, -0.25) is 4.79 Å². The second-order valence-corrected chi connectivity index (χ2v) is 5.98. The zero-order valence-electron chi connectivity index (χ0n) is 11.0. The summed E-state index contributed by atoms with van der Waals surface area (Å²) in [5, 5.41) is 0.714. The fourth-order valence-electron chi connectivity index (χ4n) is 2.76. The summed E-state index contributed by atoms with van der Waals surface area (Å²) < 4.78 is 0. The SMILES string of the molecule is C[C@@H]1C[C@H](C)CN(C(=O)Cc2ccc(Cl)cc2)C1. The third kappa shape index (κ3) is 3.49. The monoisotopic (exact) mass is 265 g/mol.